The van der Waals surface area contributed by atoms with Crippen molar-refractivity contribution in [3.63, 3.8) is 0 Å². The molecule has 5 nitrogen and oxygen atoms in total. The highest BCUT2D eigenvalue weighted by Gasteiger charge is 2.30. The Bertz CT molecular complexity index is 292. The first kappa shape index (κ1) is 10.7. The molecule has 0 bridgehead atoms. The number of hydrogen-bond donors (Lipinski definition) is 1. The number of ketones is 1. The van der Waals surface area contributed by atoms with Gasteiger partial charge in [-0.2, -0.15) is 0 Å². The summed E-state index contributed by atoms with van der Waals surface area (Å²) in [5, 5.41) is 9.15. The van der Waals surface area contributed by atoms with Gasteiger partial charge in [-0.25, -0.2) is 0 Å². The van der Waals surface area contributed by atoms with Crippen LogP contribution in [0, 0.1) is 0 Å². The first-order valence-electron chi connectivity index (χ1n) is 4.33. The van der Waals surface area contributed by atoms with E-state index in [-0.39, 0.29) is 24.5 Å². The van der Waals surface area contributed by atoms with Gasteiger partial charge in [0.05, 0.1) is 0 Å². The number of Topliss-reactive ketones (excluding diaryl/α,β-unsaturated/α-hetero) is 1. The van der Waals surface area contributed by atoms with Crippen molar-refractivity contribution in [2.45, 2.75) is 26.4 Å². The molecule has 0 saturated heterocycles. The van der Waals surface area contributed by atoms with Gasteiger partial charge in [0, 0.05) is 6.42 Å². The molecule has 1 aliphatic rings. The van der Waals surface area contributed by atoms with Gasteiger partial charge in [0.1, 0.15) is 12.4 Å². The zero-order valence-electron chi connectivity index (χ0n) is 8.07. The highest BCUT2D eigenvalue weighted by atomic mass is 16.6. The van der Waals surface area contributed by atoms with Crippen LogP contribution in [0.2, 0.25) is 0 Å². The van der Waals surface area contributed by atoms with Gasteiger partial charge in [0.2, 0.25) is 11.5 Å². The molecule has 0 aliphatic carbocycles. The summed E-state index contributed by atoms with van der Waals surface area (Å²) >= 11 is 0. The van der Waals surface area contributed by atoms with E-state index in [1.165, 1.54) is 6.92 Å². The molecule has 1 rings (SSSR count). The second kappa shape index (κ2) is 4.23. The van der Waals surface area contributed by atoms with Crippen molar-refractivity contribution in [1.82, 2.24) is 0 Å². The van der Waals surface area contributed by atoms with Crippen molar-refractivity contribution in [1.29, 1.82) is 0 Å². The number of ether oxygens (including phenoxy) is 2. The predicted molar refractivity (Wildman–Crippen MR) is 46.0 cm³/mol. The number of aliphatic hydroxyl groups excluding tert-OH is 1. The van der Waals surface area contributed by atoms with Gasteiger partial charge in [0.15, 0.2) is 6.10 Å². The lowest BCUT2D eigenvalue weighted by atomic mass is 10.1. The van der Waals surface area contributed by atoms with Crippen LogP contribution in [0.4, 0.5) is 0 Å². The SMILES string of the molecule is CCC(=O)OC1=C(C)OCC(O)C1=O. The number of esters is 1. The number of carbonyl (C=O) groups is 2. The third-order valence-electron chi connectivity index (χ3n) is 1.81. The van der Waals surface area contributed by atoms with E-state index < -0.39 is 17.9 Å². The largest absolute Gasteiger partial charge is 0.491 e. The fourth-order valence-electron chi connectivity index (χ4n) is 0.978. The molecule has 1 atom stereocenters. The quantitative estimate of drug-likeness (QED) is 0.641. The van der Waals surface area contributed by atoms with Crippen molar-refractivity contribution in [3.05, 3.63) is 11.5 Å². The van der Waals surface area contributed by atoms with Gasteiger partial charge in [-0.1, -0.05) is 6.92 Å². The summed E-state index contributed by atoms with van der Waals surface area (Å²) in [6, 6.07) is 0. The molecule has 1 aliphatic heterocycles. The van der Waals surface area contributed by atoms with Gasteiger partial charge < -0.3 is 14.6 Å². The Morgan fingerprint density at radius 2 is 2.36 bits per heavy atom. The molecule has 14 heavy (non-hydrogen) atoms. The van der Waals surface area contributed by atoms with Crippen LogP contribution in [0.1, 0.15) is 20.3 Å². The molecule has 78 valence electrons. The van der Waals surface area contributed by atoms with E-state index in [0.29, 0.717) is 0 Å². The number of aliphatic hydroxyl groups is 1. The third-order valence-corrected chi connectivity index (χ3v) is 1.81. The second-order valence-electron chi connectivity index (χ2n) is 2.90. The van der Waals surface area contributed by atoms with Gasteiger partial charge in [-0.15, -0.1) is 0 Å². The highest BCUT2D eigenvalue weighted by Crippen LogP contribution is 2.17. The summed E-state index contributed by atoms with van der Waals surface area (Å²) in [5.74, 6) is -1.07. The Hall–Kier alpha value is -1.36. The van der Waals surface area contributed by atoms with E-state index in [2.05, 4.69) is 0 Å². The second-order valence-corrected chi connectivity index (χ2v) is 2.90. The molecule has 1 heterocycles. The maximum atomic E-state index is 11.3. The summed E-state index contributed by atoms with van der Waals surface area (Å²) < 4.78 is 9.69. The maximum absolute atomic E-state index is 11.3. The molecule has 0 fully saturated rings. The third kappa shape index (κ3) is 2.11. The molecule has 5 heteroatoms. The minimum absolute atomic E-state index is 0.0855. The molecular formula is C9H12O5. The van der Waals surface area contributed by atoms with Crippen molar-refractivity contribution >= 4 is 11.8 Å². The molecule has 0 amide bonds. The lowest BCUT2D eigenvalue weighted by Crippen LogP contribution is -2.34. The Morgan fingerprint density at radius 1 is 1.71 bits per heavy atom. The highest BCUT2D eigenvalue weighted by molar-refractivity contribution is 5.99. The molecule has 0 radical (unpaired) electrons. The van der Waals surface area contributed by atoms with Crippen molar-refractivity contribution in [2.24, 2.45) is 0 Å². The molecule has 0 aromatic heterocycles. The van der Waals surface area contributed by atoms with Crippen LogP contribution in [0.25, 0.3) is 0 Å². The van der Waals surface area contributed by atoms with Gasteiger partial charge in [-0.3, -0.25) is 9.59 Å². The first-order valence-corrected chi connectivity index (χ1v) is 4.33. The fourth-order valence-corrected chi connectivity index (χ4v) is 0.978. The maximum Gasteiger partial charge on any atom is 0.311 e. The van der Waals surface area contributed by atoms with Crippen molar-refractivity contribution in [3.8, 4) is 0 Å². The normalized spacial score (nSPS) is 21.9. The van der Waals surface area contributed by atoms with E-state index in [9.17, 15) is 9.59 Å². The number of hydrogen-bond acceptors (Lipinski definition) is 5. The summed E-state index contributed by atoms with van der Waals surface area (Å²) in [6.45, 7) is 3.04. The number of carbonyl (C=O) groups excluding carboxylic acids is 2. The molecule has 0 aromatic rings. The van der Waals surface area contributed by atoms with Crippen molar-refractivity contribution < 1.29 is 24.2 Å². The summed E-state index contributed by atoms with van der Waals surface area (Å²) in [4.78, 5) is 22.3. The van der Waals surface area contributed by atoms with Gasteiger partial charge >= 0.3 is 5.97 Å². The van der Waals surface area contributed by atoms with E-state index in [4.69, 9.17) is 14.6 Å². The molecule has 0 spiro atoms. The molecule has 1 N–H and O–H groups in total. The Kier molecular flexibility index (Phi) is 3.24. The monoisotopic (exact) mass is 200 g/mol. The average molecular weight is 200 g/mol. The number of rotatable bonds is 2. The zero-order valence-corrected chi connectivity index (χ0v) is 8.07. The van der Waals surface area contributed by atoms with Gasteiger partial charge in [-0.05, 0) is 6.92 Å². The summed E-state index contributed by atoms with van der Waals surface area (Å²) in [5.41, 5.74) is 0. The van der Waals surface area contributed by atoms with Crippen LogP contribution >= 0.6 is 0 Å². The summed E-state index contributed by atoms with van der Waals surface area (Å²) in [6.07, 6.45) is -1.07. The van der Waals surface area contributed by atoms with E-state index in [0.717, 1.165) is 0 Å². The smallest absolute Gasteiger partial charge is 0.311 e. The van der Waals surface area contributed by atoms with Gasteiger partial charge in [0.25, 0.3) is 0 Å². The van der Waals surface area contributed by atoms with Crippen LogP contribution in [0.5, 0.6) is 0 Å². The van der Waals surface area contributed by atoms with Crippen molar-refractivity contribution in [2.75, 3.05) is 6.61 Å². The first-order chi connectivity index (χ1) is 6.56. The van der Waals surface area contributed by atoms with Crippen LogP contribution in [-0.4, -0.2) is 29.6 Å². The van der Waals surface area contributed by atoms with Crippen LogP contribution < -0.4 is 0 Å². The lowest BCUT2D eigenvalue weighted by Gasteiger charge is -2.20. The van der Waals surface area contributed by atoms with E-state index in [1.807, 2.05) is 0 Å². The minimum Gasteiger partial charge on any atom is -0.491 e. The van der Waals surface area contributed by atoms with Crippen LogP contribution in [-0.2, 0) is 19.1 Å². The standard InChI is InChI=1S/C9H12O5/c1-3-7(11)14-9-5(2)13-4-6(10)8(9)12/h6,10H,3-4H2,1-2H3. The fraction of sp³-hybridized carbons (Fsp3) is 0.556. The lowest BCUT2D eigenvalue weighted by molar-refractivity contribution is -0.147. The van der Waals surface area contributed by atoms with Crippen LogP contribution in [0.15, 0.2) is 11.5 Å². The molecule has 0 saturated carbocycles. The minimum atomic E-state index is -1.24. The Morgan fingerprint density at radius 3 is 2.93 bits per heavy atom. The topological polar surface area (TPSA) is 72.8 Å². The molecular weight excluding hydrogens is 188 g/mol. The summed E-state index contributed by atoms with van der Waals surface area (Å²) in [7, 11) is 0. The van der Waals surface area contributed by atoms with E-state index >= 15 is 0 Å². The average Bonchev–Trinajstić information content (AvgIpc) is 2.18. The number of allylic oxidation sites excluding steroid dienone is 1. The van der Waals surface area contributed by atoms with E-state index in [1.54, 1.807) is 6.92 Å². The molecule has 1 unspecified atom stereocenters. The van der Waals surface area contributed by atoms with Crippen LogP contribution in [0.3, 0.4) is 0 Å². The Balaban J connectivity index is 2.82. The Labute approximate surface area is 81.3 Å². The predicted octanol–water partition coefficient (Wildman–Crippen LogP) is 0.131. The zero-order chi connectivity index (χ0) is 10.7. The molecule has 0 aromatic carbocycles.